The number of aromatic nitrogens is 2. The van der Waals surface area contributed by atoms with Gasteiger partial charge >= 0.3 is 0 Å². The van der Waals surface area contributed by atoms with Gasteiger partial charge in [-0.2, -0.15) is 0 Å². The number of ether oxygens (including phenoxy) is 1. The number of thiophene rings is 1. The number of amides is 1. The molecule has 6 nitrogen and oxygen atoms in total. The van der Waals surface area contributed by atoms with Crippen molar-refractivity contribution in [3.8, 4) is 0 Å². The number of nitrogens with one attached hydrogen (secondary N) is 1. The maximum Gasteiger partial charge on any atom is 0.234 e. The standard InChI is InChI=1S/C33H40N4O2S2/c1-20-6-7-24-27(12-20)41-31-29(24)30(35-32(36-31)33-16-21-13-22(17-33)15-23(14-21)18-33)40-19-28(38)34-25-4-2-3-5-26(25)37-8-10-39-11-9-37/h2-5,20-23H,6-19H2,1H3,(H,34,38)/t20-,21?,22?,23?,33?/m0/s1. The van der Waals surface area contributed by atoms with E-state index in [-0.39, 0.29) is 11.3 Å². The van der Waals surface area contributed by atoms with Crippen molar-refractivity contribution >= 4 is 50.6 Å². The Morgan fingerprint density at radius 3 is 2.59 bits per heavy atom. The van der Waals surface area contributed by atoms with Gasteiger partial charge in [-0.05, 0) is 99.2 Å². The highest BCUT2D eigenvalue weighted by Crippen LogP contribution is 2.60. The number of carbonyl (C=O) groups is 1. The zero-order valence-corrected chi connectivity index (χ0v) is 25.6. The summed E-state index contributed by atoms with van der Waals surface area (Å²) in [5.74, 6) is 4.75. The third-order valence-corrected chi connectivity index (χ3v) is 12.6. The lowest BCUT2D eigenvalue weighted by molar-refractivity contribution is -0.113. The van der Waals surface area contributed by atoms with Gasteiger partial charge in [0.25, 0.3) is 0 Å². The maximum atomic E-state index is 13.4. The van der Waals surface area contributed by atoms with Gasteiger partial charge in [-0.25, -0.2) is 9.97 Å². The Hall–Kier alpha value is -2.16. The van der Waals surface area contributed by atoms with Crippen LogP contribution in [0.1, 0.15) is 68.1 Å². The molecule has 1 amide bonds. The van der Waals surface area contributed by atoms with Gasteiger partial charge in [-0.15, -0.1) is 11.3 Å². The first-order chi connectivity index (χ1) is 20.0. The SMILES string of the molecule is C[C@H]1CCc2c(sc3nc(C45CC6CC(CC(C6)C4)C5)nc(SCC(=O)Nc4ccccc4N4CCOCC4)c23)C1. The summed E-state index contributed by atoms with van der Waals surface area (Å²) in [4.78, 5) is 29.2. The molecular weight excluding hydrogens is 549 g/mol. The zero-order valence-electron chi connectivity index (χ0n) is 24.0. The number of thioether (sulfide) groups is 1. The van der Waals surface area contributed by atoms with Gasteiger partial charge in [0.05, 0.1) is 30.3 Å². The third kappa shape index (κ3) is 4.88. The number of hydrogen-bond acceptors (Lipinski definition) is 7. The lowest BCUT2D eigenvalue weighted by Gasteiger charge is -2.56. The minimum Gasteiger partial charge on any atom is -0.378 e. The average molecular weight is 589 g/mol. The van der Waals surface area contributed by atoms with Crippen molar-refractivity contribution in [1.82, 2.24) is 9.97 Å². The molecule has 1 N–H and O–H groups in total. The molecule has 4 saturated carbocycles. The highest BCUT2D eigenvalue weighted by Gasteiger charge is 2.53. The predicted octanol–water partition coefficient (Wildman–Crippen LogP) is 6.85. The molecule has 0 radical (unpaired) electrons. The molecule has 2 aromatic heterocycles. The van der Waals surface area contributed by atoms with Gasteiger partial charge in [-0.3, -0.25) is 4.79 Å². The first-order valence-electron chi connectivity index (χ1n) is 15.7. The van der Waals surface area contributed by atoms with E-state index < -0.39 is 0 Å². The number of benzene rings is 1. The van der Waals surface area contributed by atoms with Crippen LogP contribution in [0, 0.1) is 23.7 Å². The molecule has 9 rings (SSSR count). The van der Waals surface area contributed by atoms with Crippen LogP contribution in [-0.4, -0.2) is 47.9 Å². The summed E-state index contributed by atoms with van der Waals surface area (Å²) in [7, 11) is 0. The molecule has 4 bridgehead atoms. The average Bonchev–Trinajstić information content (AvgIpc) is 3.33. The van der Waals surface area contributed by atoms with Gasteiger partial charge in [0, 0.05) is 28.8 Å². The van der Waals surface area contributed by atoms with E-state index in [1.165, 1.54) is 65.6 Å². The number of rotatable bonds is 6. The fourth-order valence-corrected chi connectivity index (χ4v) is 11.3. The molecule has 1 atom stereocenters. The minimum atomic E-state index is 0.0246. The smallest absolute Gasteiger partial charge is 0.234 e. The second kappa shape index (κ2) is 10.5. The monoisotopic (exact) mass is 588 g/mol. The lowest BCUT2D eigenvalue weighted by Crippen LogP contribution is -2.49. The Bertz CT molecular complexity index is 1440. The number of hydrogen-bond donors (Lipinski definition) is 1. The number of fused-ring (bicyclic) bond motifs is 3. The molecule has 1 aliphatic heterocycles. The van der Waals surface area contributed by atoms with E-state index in [4.69, 9.17) is 14.7 Å². The summed E-state index contributed by atoms with van der Waals surface area (Å²) in [6.07, 6.45) is 11.5. The van der Waals surface area contributed by atoms with E-state index >= 15 is 0 Å². The Morgan fingerprint density at radius 1 is 1.10 bits per heavy atom. The molecule has 41 heavy (non-hydrogen) atoms. The summed E-state index contributed by atoms with van der Waals surface area (Å²) in [6, 6.07) is 8.15. The number of nitrogens with zero attached hydrogens (tertiary/aromatic N) is 3. The van der Waals surface area contributed by atoms with Crippen LogP contribution in [0.25, 0.3) is 10.2 Å². The van der Waals surface area contributed by atoms with Gasteiger partial charge in [0.2, 0.25) is 5.91 Å². The van der Waals surface area contributed by atoms with Crippen LogP contribution >= 0.6 is 23.1 Å². The minimum absolute atomic E-state index is 0.0246. The van der Waals surface area contributed by atoms with E-state index in [0.29, 0.717) is 5.75 Å². The summed E-state index contributed by atoms with van der Waals surface area (Å²) in [5, 5.41) is 5.52. The van der Waals surface area contributed by atoms with Crippen molar-refractivity contribution in [3.63, 3.8) is 0 Å². The Labute approximate surface area is 251 Å². The lowest BCUT2D eigenvalue weighted by atomic mass is 9.49. The predicted molar refractivity (Wildman–Crippen MR) is 167 cm³/mol. The molecule has 6 aliphatic rings. The molecule has 8 heteroatoms. The molecule has 0 spiro atoms. The maximum absolute atomic E-state index is 13.4. The van der Waals surface area contributed by atoms with Gasteiger partial charge in [0.15, 0.2) is 0 Å². The van der Waals surface area contributed by atoms with E-state index in [1.807, 2.05) is 29.5 Å². The van der Waals surface area contributed by atoms with Crippen molar-refractivity contribution in [3.05, 3.63) is 40.5 Å². The summed E-state index contributed by atoms with van der Waals surface area (Å²) >= 11 is 3.53. The molecule has 1 aromatic carbocycles. The first kappa shape index (κ1) is 26.5. The Balaban J connectivity index is 1.09. The van der Waals surface area contributed by atoms with Gasteiger partial charge < -0.3 is 15.0 Å². The molecule has 216 valence electrons. The largest absolute Gasteiger partial charge is 0.378 e. The summed E-state index contributed by atoms with van der Waals surface area (Å²) in [6.45, 7) is 5.50. The van der Waals surface area contributed by atoms with Crippen molar-refractivity contribution < 1.29 is 9.53 Å². The van der Waals surface area contributed by atoms with Crippen molar-refractivity contribution in [1.29, 1.82) is 0 Å². The second-order valence-corrected chi connectivity index (χ2v) is 15.6. The fraction of sp³-hybridized carbons (Fsp3) is 0.606. The fourth-order valence-electron chi connectivity index (χ4n) is 9.01. The number of morpholine rings is 1. The summed E-state index contributed by atoms with van der Waals surface area (Å²) < 4.78 is 5.55. The molecular formula is C33H40N4O2S2. The van der Waals surface area contributed by atoms with Crippen LogP contribution in [0.5, 0.6) is 0 Å². The van der Waals surface area contributed by atoms with Crippen LogP contribution in [0.4, 0.5) is 11.4 Å². The zero-order chi connectivity index (χ0) is 27.6. The highest BCUT2D eigenvalue weighted by atomic mass is 32.2. The quantitative estimate of drug-likeness (QED) is 0.251. The van der Waals surface area contributed by atoms with Crippen molar-refractivity contribution in [2.24, 2.45) is 23.7 Å². The highest BCUT2D eigenvalue weighted by molar-refractivity contribution is 8.00. The van der Waals surface area contributed by atoms with Crippen LogP contribution in [0.2, 0.25) is 0 Å². The van der Waals surface area contributed by atoms with Crippen molar-refractivity contribution in [2.75, 3.05) is 42.3 Å². The van der Waals surface area contributed by atoms with Gasteiger partial charge in [0.1, 0.15) is 15.7 Å². The Morgan fingerprint density at radius 2 is 1.83 bits per heavy atom. The van der Waals surface area contributed by atoms with Crippen LogP contribution < -0.4 is 10.2 Å². The molecule has 5 aliphatic carbocycles. The number of para-hydroxylation sites is 2. The number of carbonyl (C=O) groups excluding carboxylic acids is 1. The molecule has 5 fully saturated rings. The van der Waals surface area contributed by atoms with E-state index in [1.54, 1.807) is 11.8 Å². The van der Waals surface area contributed by atoms with E-state index in [2.05, 4.69) is 23.2 Å². The Kier molecular flexibility index (Phi) is 6.80. The third-order valence-electron chi connectivity index (χ3n) is 10.5. The van der Waals surface area contributed by atoms with Crippen LogP contribution in [-0.2, 0) is 27.8 Å². The summed E-state index contributed by atoms with van der Waals surface area (Å²) in [5.41, 5.74) is 3.56. The normalized spacial score (nSPS) is 30.5. The second-order valence-electron chi connectivity index (χ2n) is 13.5. The topological polar surface area (TPSA) is 67.4 Å². The van der Waals surface area contributed by atoms with Gasteiger partial charge in [-0.1, -0.05) is 30.8 Å². The van der Waals surface area contributed by atoms with Crippen molar-refractivity contribution in [2.45, 2.75) is 75.2 Å². The molecule has 1 saturated heterocycles. The number of anilines is 2. The molecule has 3 aromatic rings. The van der Waals surface area contributed by atoms with E-state index in [9.17, 15) is 4.79 Å². The van der Waals surface area contributed by atoms with Crippen LogP contribution in [0.3, 0.4) is 0 Å². The van der Waals surface area contributed by atoms with E-state index in [0.717, 1.165) is 85.0 Å². The molecule has 0 unspecified atom stereocenters. The number of aryl methyl sites for hydroxylation is 1. The van der Waals surface area contributed by atoms with Crippen LogP contribution in [0.15, 0.2) is 29.3 Å². The molecule has 3 heterocycles. The first-order valence-corrected chi connectivity index (χ1v) is 17.5.